The Morgan fingerprint density at radius 2 is 1.89 bits per heavy atom. The molecule has 0 saturated carbocycles. The zero-order chi connectivity index (χ0) is 19.6. The number of para-hydroxylation sites is 1. The molecule has 0 unspecified atom stereocenters. The summed E-state index contributed by atoms with van der Waals surface area (Å²) < 4.78 is 15.6. The number of hydrogen-bond donors (Lipinski definition) is 0. The number of aromatic nitrogens is 1. The summed E-state index contributed by atoms with van der Waals surface area (Å²) in [7, 11) is 0. The maximum atomic E-state index is 14.1. The normalized spacial score (nSPS) is 11.1. The first-order valence-electron chi connectivity index (χ1n) is 8.48. The molecule has 0 radical (unpaired) electrons. The van der Waals surface area contributed by atoms with Gasteiger partial charge >= 0.3 is 0 Å². The number of hydrogen-bond acceptors (Lipinski definition) is 5. The van der Waals surface area contributed by atoms with E-state index < -0.39 is 5.82 Å². The Balaban J connectivity index is 0.00000280. The van der Waals surface area contributed by atoms with Crippen molar-refractivity contribution in [2.24, 2.45) is 0 Å². The molecule has 0 atom stereocenters. The summed E-state index contributed by atoms with van der Waals surface area (Å²) in [6, 6.07) is 6.36. The summed E-state index contributed by atoms with van der Waals surface area (Å²) >= 11 is 14.6. The Kier molecular flexibility index (Phi) is 8.48. The van der Waals surface area contributed by atoms with Crippen molar-refractivity contribution in [1.29, 1.82) is 0 Å². The summed E-state index contributed by atoms with van der Waals surface area (Å²) in [5.74, 6) is -0.683. The molecule has 10 heteroatoms. The van der Waals surface area contributed by atoms with Gasteiger partial charge in [0.25, 0.3) is 5.91 Å². The number of nitrogens with zero attached hydrogens (tertiary/aromatic N) is 3. The zero-order valence-electron chi connectivity index (χ0n) is 15.2. The van der Waals surface area contributed by atoms with E-state index >= 15 is 0 Å². The van der Waals surface area contributed by atoms with Crippen molar-refractivity contribution in [3.63, 3.8) is 0 Å². The van der Waals surface area contributed by atoms with Crippen LogP contribution in [-0.2, 0) is 0 Å². The van der Waals surface area contributed by atoms with E-state index in [0.717, 1.165) is 24.4 Å². The minimum Gasteiger partial charge on any atom is -0.302 e. The molecule has 4 nitrogen and oxygen atoms in total. The standard InChI is InChI=1S/C18H18Cl2FN3OS2.ClH/c1-3-23(4-2)8-9-24(17(25)11-10-14(19)27-16(11)20)18-22-15-12(21)6-5-7-13(15)26-18;/h5-7,10H,3-4,8-9H2,1-2H3;1H. The van der Waals surface area contributed by atoms with Crippen LogP contribution < -0.4 is 4.90 Å². The highest BCUT2D eigenvalue weighted by Gasteiger charge is 2.25. The van der Waals surface area contributed by atoms with E-state index in [0.29, 0.717) is 37.2 Å². The summed E-state index contributed by atoms with van der Waals surface area (Å²) in [4.78, 5) is 21.3. The lowest BCUT2D eigenvalue weighted by Crippen LogP contribution is -2.38. The first-order valence-corrected chi connectivity index (χ1v) is 10.9. The summed E-state index contributed by atoms with van der Waals surface area (Å²) in [5.41, 5.74) is 0.610. The molecule has 1 aromatic carbocycles. The Hall–Kier alpha value is -0.960. The smallest absolute Gasteiger partial charge is 0.262 e. The van der Waals surface area contributed by atoms with Gasteiger partial charge in [-0.2, -0.15) is 0 Å². The molecule has 0 fully saturated rings. The Morgan fingerprint density at radius 3 is 2.46 bits per heavy atom. The van der Waals surface area contributed by atoms with Gasteiger partial charge in [-0.25, -0.2) is 9.37 Å². The fourth-order valence-corrected chi connectivity index (χ4v) is 5.17. The summed E-state index contributed by atoms with van der Waals surface area (Å²) in [6.45, 7) is 6.98. The number of rotatable bonds is 7. The molecule has 28 heavy (non-hydrogen) atoms. The molecule has 3 rings (SSSR count). The molecule has 0 N–H and O–H groups in total. The van der Waals surface area contributed by atoms with Crippen molar-refractivity contribution in [2.45, 2.75) is 13.8 Å². The Labute approximate surface area is 187 Å². The second kappa shape index (κ2) is 10.2. The Bertz CT molecular complexity index is 959. The summed E-state index contributed by atoms with van der Waals surface area (Å²) in [5, 5.41) is 0.450. The number of carbonyl (C=O) groups is 1. The van der Waals surface area contributed by atoms with Gasteiger partial charge in [0.1, 0.15) is 15.7 Å². The van der Waals surface area contributed by atoms with E-state index in [1.807, 2.05) is 0 Å². The van der Waals surface area contributed by atoms with Gasteiger partial charge in [-0.05, 0) is 31.3 Å². The predicted octanol–water partition coefficient (Wildman–Crippen LogP) is 6.21. The number of anilines is 1. The maximum absolute atomic E-state index is 14.1. The number of fused-ring (bicyclic) bond motifs is 1. The van der Waals surface area contributed by atoms with Gasteiger partial charge in [0.2, 0.25) is 0 Å². The summed E-state index contributed by atoms with van der Waals surface area (Å²) in [6.07, 6.45) is 0. The molecule has 152 valence electrons. The lowest BCUT2D eigenvalue weighted by molar-refractivity contribution is 0.0984. The van der Waals surface area contributed by atoms with Crippen LogP contribution in [0.1, 0.15) is 24.2 Å². The number of benzene rings is 1. The van der Waals surface area contributed by atoms with E-state index in [-0.39, 0.29) is 23.8 Å². The molecule has 3 aromatic rings. The highest BCUT2D eigenvalue weighted by Crippen LogP contribution is 2.35. The maximum Gasteiger partial charge on any atom is 0.262 e. The van der Waals surface area contributed by atoms with Crippen LogP contribution in [0.2, 0.25) is 8.67 Å². The van der Waals surface area contributed by atoms with Crippen molar-refractivity contribution in [2.75, 3.05) is 31.1 Å². The van der Waals surface area contributed by atoms with Crippen LogP contribution in [0, 0.1) is 5.82 Å². The molecule has 2 heterocycles. The monoisotopic (exact) mass is 481 g/mol. The van der Waals surface area contributed by atoms with Crippen molar-refractivity contribution in [3.05, 3.63) is 44.3 Å². The van der Waals surface area contributed by atoms with Crippen LogP contribution in [0.15, 0.2) is 24.3 Å². The van der Waals surface area contributed by atoms with Gasteiger partial charge in [-0.3, -0.25) is 9.69 Å². The van der Waals surface area contributed by atoms with Crippen LogP contribution >= 0.6 is 58.3 Å². The molecule has 2 aromatic heterocycles. The van der Waals surface area contributed by atoms with Crippen LogP contribution in [0.25, 0.3) is 10.2 Å². The zero-order valence-corrected chi connectivity index (χ0v) is 19.2. The highest BCUT2D eigenvalue weighted by atomic mass is 35.5. The fraction of sp³-hybridized carbons (Fsp3) is 0.333. The molecule has 0 spiro atoms. The third-order valence-corrected chi connectivity index (χ3v) is 6.79. The average Bonchev–Trinajstić information content (AvgIpc) is 3.22. The third-order valence-electron chi connectivity index (χ3n) is 4.26. The molecule has 1 amide bonds. The second-order valence-corrected chi connectivity index (χ2v) is 9.10. The largest absolute Gasteiger partial charge is 0.302 e. The lowest BCUT2D eigenvalue weighted by atomic mass is 10.3. The number of carbonyl (C=O) groups excluding carboxylic acids is 1. The van der Waals surface area contributed by atoms with E-state index in [4.69, 9.17) is 23.2 Å². The van der Waals surface area contributed by atoms with Crippen LogP contribution in [0.5, 0.6) is 0 Å². The van der Waals surface area contributed by atoms with Gasteiger partial charge in [0.05, 0.1) is 14.6 Å². The van der Waals surface area contributed by atoms with Gasteiger partial charge in [-0.1, -0.05) is 54.5 Å². The number of amides is 1. The number of thiazole rings is 1. The minimum absolute atomic E-state index is 0. The quantitative estimate of drug-likeness (QED) is 0.401. The molecular formula is C18H19Cl3FN3OS2. The van der Waals surface area contributed by atoms with Gasteiger partial charge < -0.3 is 4.90 Å². The lowest BCUT2D eigenvalue weighted by Gasteiger charge is -2.24. The van der Waals surface area contributed by atoms with Gasteiger partial charge in [-0.15, -0.1) is 23.7 Å². The first kappa shape index (κ1) is 23.3. The van der Waals surface area contributed by atoms with Gasteiger partial charge in [0.15, 0.2) is 5.13 Å². The van der Waals surface area contributed by atoms with E-state index in [1.54, 1.807) is 23.1 Å². The molecule has 0 aliphatic carbocycles. The topological polar surface area (TPSA) is 36.4 Å². The first-order chi connectivity index (χ1) is 12.9. The Morgan fingerprint density at radius 1 is 1.18 bits per heavy atom. The van der Waals surface area contributed by atoms with E-state index in [2.05, 4.69) is 23.7 Å². The third kappa shape index (κ3) is 4.96. The van der Waals surface area contributed by atoms with Crippen LogP contribution in [0.3, 0.4) is 0 Å². The van der Waals surface area contributed by atoms with Crippen molar-refractivity contribution in [1.82, 2.24) is 9.88 Å². The molecule has 0 aliphatic rings. The fourth-order valence-electron chi connectivity index (χ4n) is 2.72. The van der Waals surface area contributed by atoms with E-state index in [1.165, 1.54) is 17.4 Å². The van der Waals surface area contributed by atoms with Crippen LogP contribution in [-0.4, -0.2) is 42.0 Å². The SMILES string of the molecule is CCN(CC)CCN(C(=O)c1cc(Cl)sc1Cl)c1nc2c(F)cccc2s1.Cl. The van der Waals surface area contributed by atoms with Crippen molar-refractivity contribution < 1.29 is 9.18 Å². The molecule has 0 aliphatic heterocycles. The molecule has 0 bridgehead atoms. The van der Waals surface area contributed by atoms with Gasteiger partial charge in [0, 0.05) is 13.1 Å². The van der Waals surface area contributed by atoms with Crippen molar-refractivity contribution >= 4 is 79.5 Å². The second-order valence-electron chi connectivity index (χ2n) is 5.80. The van der Waals surface area contributed by atoms with E-state index in [9.17, 15) is 9.18 Å². The molecule has 0 saturated heterocycles. The number of likely N-dealkylation sites (N-methyl/N-ethyl adjacent to an activating group) is 1. The molecular weight excluding hydrogens is 464 g/mol. The number of thiophene rings is 1. The minimum atomic E-state index is -0.400. The van der Waals surface area contributed by atoms with Crippen molar-refractivity contribution in [3.8, 4) is 0 Å². The predicted molar refractivity (Wildman–Crippen MR) is 121 cm³/mol. The van der Waals surface area contributed by atoms with Crippen LogP contribution in [0.4, 0.5) is 9.52 Å². The average molecular weight is 483 g/mol. The number of halogens is 4. The highest BCUT2D eigenvalue weighted by molar-refractivity contribution is 7.22.